The molecular formula is C20H16Cl2S. The topological polar surface area (TPSA) is 0 Å². The Morgan fingerprint density at radius 1 is 0.957 bits per heavy atom. The maximum absolute atomic E-state index is 6.44. The molecule has 1 aliphatic rings. The summed E-state index contributed by atoms with van der Waals surface area (Å²) in [5.74, 6) is 0.369. The second-order valence-electron chi connectivity index (χ2n) is 5.99. The zero-order valence-corrected chi connectivity index (χ0v) is 14.9. The predicted octanol–water partition coefficient (Wildman–Crippen LogP) is 6.53. The van der Waals surface area contributed by atoms with Crippen LogP contribution in [0.2, 0.25) is 10.0 Å². The van der Waals surface area contributed by atoms with Gasteiger partial charge in [0, 0.05) is 20.8 Å². The summed E-state index contributed by atoms with van der Waals surface area (Å²) in [5.41, 5.74) is 5.53. The average molecular weight is 359 g/mol. The van der Waals surface area contributed by atoms with Crippen LogP contribution in [0.25, 0.3) is 0 Å². The summed E-state index contributed by atoms with van der Waals surface area (Å²) in [6.45, 7) is 0. The molecule has 23 heavy (non-hydrogen) atoms. The molecule has 116 valence electrons. The van der Waals surface area contributed by atoms with Crippen molar-refractivity contribution in [3.63, 3.8) is 0 Å². The van der Waals surface area contributed by atoms with Crippen LogP contribution in [-0.4, -0.2) is 0 Å². The number of halogens is 2. The van der Waals surface area contributed by atoms with Crippen molar-refractivity contribution < 1.29 is 0 Å². The van der Waals surface area contributed by atoms with E-state index < -0.39 is 0 Å². The zero-order valence-electron chi connectivity index (χ0n) is 12.6. The van der Waals surface area contributed by atoms with Crippen LogP contribution in [0.5, 0.6) is 0 Å². The summed E-state index contributed by atoms with van der Waals surface area (Å²) in [6, 6.07) is 17.0. The molecule has 0 spiro atoms. The van der Waals surface area contributed by atoms with Gasteiger partial charge in [-0.1, -0.05) is 53.5 Å². The van der Waals surface area contributed by atoms with Crippen LogP contribution >= 0.6 is 34.5 Å². The van der Waals surface area contributed by atoms with E-state index in [1.807, 2.05) is 23.5 Å². The Morgan fingerprint density at radius 2 is 1.83 bits per heavy atom. The number of rotatable bonds is 2. The Hall–Kier alpha value is -1.28. The van der Waals surface area contributed by atoms with Gasteiger partial charge in [-0.2, -0.15) is 0 Å². The Morgan fingerprint density at radius 3 is 2.70 bits per heavy atom. The third-order valence-electron chi connectivity index (χ3n) is 4.65. The van der Waals surface area contributed by atoms with Gasteiger partial charge in [-0.15, -0.1) is 11.3 Å². The van der Waals surface area contributed by atoms with Crippen molar-refractivity contribution in [2.24, 2.45) is 0 Å². The summed E-state index contributed by atoms with van der Waals surface area (Å²) in [7, 11) is 0. The van der Waals surface area contributed by atoms with Crippen LogP contribution in [0.3, 0.4) is 0 Å². The van der Waals surface area contributed by atoms with E-state index in [2.05, 4.69) is 41.8 Å². The molecule has 2 aromatic carbocycles. The molecule has 3 heteroatoms. The van der Waals surface area contributed by atoms with Crippen molar-refractivity contribution >= 4 is 34.5 Å². The first-order valence-electron chi connectivity index (χ1n) is 7.80. The first-order valence-corrected chi connectivity index (χ1v) is 9.44. The average Bonchev–Trinajstić information content (AvgIpc) is 2.96. The molecule has 4 rings (SSSR count). The van der Waals surface area contributed by atoms with Crippen LogP contribution < -0.4 is 0 Å². The molecule has 0 N–H and O–H groups in total. The van der Waals surface area contributed by atoms with Crippen molar-refractivity contribution in [1.82, 2.24) is 0 Å². The number of fused-ring (bicyclic) bond motifs is 2. The van der Waals surface area contributed by atoms with E-state index in [4.69, 9.17) is 23.2 Å². The molecule has 0 fully saturated rings. The highest BCUT2D eigenvalue weighted by Crippen LogP contribution is 2.39. The standard InChI is InChI=1S/C20H16Cl2S/c21-15-7-5-14(19(22)12-15)11-18-16-4-2-1-3-13(16)6-8-20-17(18)9-10-23-20/h1-5,7,9-10,12,18H,6,8,11H2/t18-/m0/s1. The molecule has 1 aliphatic carbocycles. The van der Waals surface area contributed by atoms with E-state index in [1.165, 1.54) is 21.6 Å². The molecule has 0 aliphatic heterocycles. The molecule has 3 aromatic rings. The van der Waals surface area contributed by atoms with Gasteiger partial charge in [0.25, 0.3) is 0 Å². The van der Waals surface area contributed by atoms with Gasteiger partial charge in [0.1, 0.15) is 0 Å². The van der Waals surface area contributed by atoms with Crippen molar-refractivity contribution in [3.05, 3.63) is 91.1 Å². The van der Waals surface area contributed by atoms with E-state index in [0.29, 0.717) is 10.9 Å². The fourth-order valence-electron chi connectivity index (χ4n) is 3.51. The number of hydrogen-bond donors (Lipinski definition) is 0. The molecule has 1 heterocycles. The van der Waals surface area contributed by atoms with Gasteiger partial charge in [-0.25, -0.2) is 0 Å². The summed E-state index contributed by atoms with van der Waals surface area (Å²) in [5, 5.41) is 3.67. The molecule has 0 radical (unpaired) electrons. The Kier molecular flexibility index (Phi) is 4.19. The van der Waals surface area contributed by atoms with Crippen LogP contribution in [0.15, 0.2) is 53.9 Å². The van der Waals surface area contributed by atoms with Gasteiger partial charge in [0.05, 0.1) is 0 Å². The summed E-state index contributed by atoms with van der Waals surface area (Å²) >= 11 is 14.4. The Balaban J connectivity index is 1.81. The minimum Gasteiger partial charge on any atom is -0.149 e. The lowest BCUT2D eigenvalue weighted by atomic mass is 9.85. The van der Waals surface area contributed by atoms with Gasteiger partial charge in [-0.3, -0.25) is 0 Å². The van der Waals surface area contributed by atoms with Crippen LogP contribution in [0, 0.1) is 0 Å². The minimum atomic E-state index is 0.369. The largest absolute Gasteiger partial charge is 0.149 e. The highest BCUT2D eigenvalue weighted by Gasteiger charge is 2.25. The van der Waals surface area contributed by atoms with Gasteiger partial charge < -0.3 is 0 Å². The highest BCUT2D eigenvalue weighted by atomic mass is 35.5. The second-order valence-corrected chi connectivity index (χ2v) is 7.83. The molecular weight excluding hydrogens is 343 g/mol. The zero-order chi connectivity index (χ0) is 15.8. The molecule has 1 atom stereocenters. The molecule has 0 saturated carbocycles. The second kappa shape index (κ2) is 6.32. The Labute approximate surface area is 150 Å². The molecule has 0 nitrogen and oxygen atoms in total. The SMILES string of the molecule is Clc1ccc(C[C@H]2c3ccccc3CCc3sccc32)c(Cl)c1. The fraction of sp³-hybridized carbons (Fsp3) is 0.200. The number of benzene rings is 2. The van der Waals surface area contributed by atoms with Crippen LogP contribution in [0.4, 0.5) is 0 Å². The quantitative estimate of drug-likeness (QED) is 0.488. The van der Waals surface area contributed by atoms with E-state index in [-0.39, 0.29) is 0 Å². The summed E-state index contributed by atoms with van der Waals surface area (Å²) < 4.78 is 0. The van der Waals surface area contributed by atoms with E-state index >= 15 is 0 Å². The van der Waals surface area contributed by atoms with Crippen LogP contribution in [0.1, 0.15) is 33.0 Å². The number of hydrogen-bond acceptors (Lipinski definition) is 1. The lowest BCUT2D eigenvalue weighted by molar-refractivity contribution is 0.803. The number of thiophene rings is 1. The first kappa shape index (κ1) is 15.3. The third-order valence-corrected chi connectivity index (χ3v) is 6.23. The van der Waals surface area contributed by atoms with E-state index in [9.17, 15) is 0 Å². The highest BCUT2D eigenvalue weighted by molar-refractivity contribution is 7.10. The first-order chi connectivity index (χ1) is 11.2. The smallest absolute Gasteiger partial charge is 0.0453 e. The van der Waals surface area contributed by atoms with Gasteiger partial charge in [0.15, 0.2) is 0 Å². The lowest BCUT2D eigenvalue weighted by Gasteiger charge is -2.19. The third kappa shape index (κ3) is 2.94. The number of aryl methyl sites for hydroxylation is 2. The normalized spacial score (nSPS) is 16.5. The maximum atomic E-state index is 6.44. The minimum absolute atomic E-state index is 0.369. The van der Waals surface area contributed by atoms with Gasteiger partial charge in [0.2, 0.25) is 0 Å². The predicted molar refractivity (Wildman–Crippen MR) is 100 cm³/mol. The molecule has 0 amide bonds. The van der Waals surface area contributed by atoms with Crippen LogP contribution in [-0.2, 0) is 19.3 Å². The van der Waals surface area contributed by atoms with E-state index in [0.717, 1.165) is 29.8 Å². The van der Waals surface area contributed by atoms with Crippen molar-refractivity contribution in [3.8, 4) is 0 Å². The van der Waals surface area contributed by atoms with E-state index in [1.54, 1.807) is 0 Å². The summed E-state index contributed by atoms with van der Waals surface area (Å²) in [6.07, 6.45) is 3.17. The Bertz CT molecular complexity index is 850. The molecule has 1 aromatic heterocycles. The van der Waals surface area contributed by atoms with Crippen molar-refractivity contribution in [1.29, 1.82) is 0 Å². The molecule has 0 saturated heterocycles. The maximum Gasteiger partial charge on any atom is 0.0453 e. The van der Waals surface area contributed by atoms with Gasteiger partial charge >= 0.3 is 0 Å². The molecule has 0 bridgehead atoms. The lowest BCUT2D eigenvalue weighted by Crippen LogP contribution is -2.06. The monoisotopic (exact) mass is 358 g/mol. The molecule has 0 unspecified atom stereocenters. The van der Waals surface area contributed by atoms with Crippen molar-refractivity contribution in [2.75, 3.05) is 0 Å². The fourth-order valence-corrected chi connectivity index (χ4v) is 4.94. The van der Waals surface area contributed by atoms with Crippen molar-refractivity contribution in [2.45, 2.75) is 25.2 Å². The summed E-state index contributed by atoms with van der Waals surface area (Å²) in [4.78, 5) is 1.51. The van der Waals surface area contributed by atoms with Gasteiger partial charge in [-0.05, 0) is 65.1 Å².